The van der Waals surface area contributed by atoms with Crippen LogP contribution >= 0.6 is 0 Å². The summed E-state index contributed by atoms with van der Waals surface area (Å²) >= 11 is 0. The van der Waals surface area contributed by atoms with Gasteiger partial charge in [-0.1, -0.05) is 6.92 Å². The fourth-order valence-corrected chi connectivity index (χ4v) is 0.330. The molecule has 0 aromatic heterocycles. The average Bonchev–Trinajstić information content (AvgIpc) is 1.69. The van der Waals surface area contributed by atoms with Crippen LogP contribution in [0.4, 0.5) is 4.39 Å². The monoisotopic (exact) mass is 104 g/mol. The minimum atomic E-state index is -0.306. The molecule has 43 valence electrons. The van der Waals surface area contributed by atoms with Crippen molar-refractivity contribution in [3.8, 4) is 0 Å². The molecule has 0 atom stereocenters. The van der Waals surface area contributed by atoms with Crippen molar-refractivity contribution in [1.82, 2.24) is 5.32 Å². The molecule has 1 nitrogen and oxygen atoms in total. The molecule has 0 aliphatic rings. The third-order valence-electron chi connectivity index (χ3n) is 0.624. The van der Waals surface area contributed by atoms with E-state index in [1.54, 1.807) is 0 Å². The molecule has 0 heterocycles. The normalized spacial score (nSPS) is 9.43. The molecule has 7 heavy (non-hydrogen) atoms. The van der Waals surface area contributed by atoms with Crippen molar-refractivity contribution in [1.29, 1.82) is 0 Å². The third kappa shape index (κ3) is 5.89. The zero-order valence-electron chi connectivity index (χ0n) is 4.65. The van der Waals surface area contributed by atoms with Crippen LogP contribution in [0.5, 0.6) is 0 Å². The van der Waals surface area contributed by atoms with E-state index < -0.39 is 0 Å². The first kappa shape index (κ1) is 6.89. The maximum Gasteiger partial charge on any atom is 0.103 e. The first-order chi connectivity index (χ1) is 3.41. The van der Waals surface area contributed by atoms with Crippen LogP contribution in [0.15, 0.2) is 0 Å². The van der Waals surface area contributed by atoms with Crippen LogP contribution in [0.2, 0.25) is 0 Å². The SMILES string of the molecule is CCC[N]CCF. The number of hydrogen-bond acceptors (Lipinski definition) is 0. The Morgan fingerprint density at radius 1 is 1.43 bits per heavy atom. The highest BCUT2D eigenvalue weighted by Gasteiger charge is 1.81. The van der Waals surface area contributed by atoms with Gasteiger partial charge in [-0.3, -0.25) is 0 Å². The van der Waals surface area contributed by atoms with Gasteiger partial charge in [0, 0.05) is 13.1 Å². The molecule has 2 heteroatoms. The quantitative estimate of drug-likeness (QED) is 0.472. The standard InChI is InChI=1S/C5H11FN/c1-2-4-7-5-3-6/h2-5H2,1H3. The van der Waals surface area contributed by atoms with E-state index in [4.69, 9.17) is 0 Å². The van der Waals surface area contributed by atoms with Crippen molar-refractivity contribution in [3.63, 3.8) is 0 Å². The van der Waals surface area contributed by atoms with Crippen molar-refractivity contribution in [2.75, 3.05) is 19.8 Å². The summed E-state index contributed by atoms with van der Waals surface area (Å²) in [5.41, 5.74) is 0. The van der Waals surface area contributed by atoms with Gasteiger partial charge >= 0.3 is 0 Å². The molecule has 0 aliphatic carbocycles. The lowest BCUT2D eigenvalue weighted by Gasteiger charge is -1.91. The highest BCUT2D eigenvalue weighted by Crippen LogP contribution is 1.71. The lowest BCUT2D eigenvalue weighted by Crippen LogP contribution is -2.08. The van der Waals surface area contributed by atoms with E-state index in [-0.39, 0.29) is 6.67 Å². The van der Waals surface area contributed by atoms with Gasteiger partial charge in [-0.25, -0.2) is 9.71 Å². The van der Waals surface area contributed by atoms with Gasteiger partial charge < -0.3 is 0 Å². The van der Waals surface area contributed by atoms with Crippen LogP contribution in [-0.4, -0.2) is 19.8 Å². The van der Waals surface area contributed by atoms with Gasteiger partial charge in [0.15, 0.2) is 0 Å². The van der Waals surface area contributed by atoms with E-state index in [0.29, 0.717) is 6.54 Å². The Kier molecular flexibility index (Phi) is 5.80. The zero-order valence-corrected chi connectivity index (χ0v) is 4.65. The summed E-state index contributed by atoms with van der Waals surface area (Å²) in [7, 11) is 0. The van der Waals surface area contributed by atoms with Gasteiger partial charge in [0.25, 0.3) is 0 Å². The largest absolute Gasteiger partial charge is 0.250 e. The molecule has 0 saturated carbocycles. The van der Waals surface area contributed by atoms with Gasteiger partial charge in [-0.15, -0.1) is 0 Å². The van der Waals surface area contributed by atoms with Crippen molar-refractivity contribution >= 4 is 0 Å². The average molecular weight is 104 g/mol. The molecule has 0 aliphatic heterocycles. The third-order valence-corrected chi connectivity index (χ3v) is 0.624. The van der Waals surface area contributed by atoms with Crippen molar-refractivity contribution in [3.05, 3.63) is 0 Å². The number of halogens is 1. The molecule has 0 unspecified atom stereocenters. The Bertz CT molecular complexity index is 27.3. The van der Waals surface area contributed by atoms with Crippen LogP contribution < -0.4 is 5.32 Å². The maximum atomic E-state index is 11.2. The summed E-state index contributed by atoms with van der Waals surface area (Å²) in [5, 5.41) is 3.83. The van der Waals surface area contributed by atoms with Crippen LogP contribution in [-0.2, 0) is 0 Å². The number of alkyl halides is 1. The highest BCUT2D eigenvalue weighted by atomic mass is 19.1. The van der Waals surface area contributed by atoms with Gasteiger partial charge in [-0.05, 0) is 6.42 Å². The second kappa shape index (κ2) is 5.89. The summed E-state index contributed by atoms with van der Waals surface area (Å²) < 4.78 is 11.2. The molecule has 1 radical (unpaired) electrons. The Morgan fingerprint density at radius 3 is 2.57 bits per heavy atom. The van der Waals surface area contributed by atoms with E-state index in [0.717, 1.165) is 13.0 Å². The zero-order chi connectivity index (χ0) is 5.54. The van der Waals surface area contributed by atoms with Crippen molar-refractivity contribution < 1.29 is 4.39 Å². The summed E-state index contributed by atoms with van der Waals surface area (Å²) in [5.74, 6) is 0. The summed E-state index contributed by atoms with van der Waals surface area (Å²) in [6.45, 7) is 2.92. The predicted octanol–water partition coefficient (Wildman–Crippen LogP) is 0.970. The smallest absolute Gasteiger partial charge is 0.103 e. The maximum absolute atomic E-state index is 11.2. The second-order valence-corrected chi connectivity index (χ2v) is 1.36. The lowest BCUT2D eigenvalue weighted by atomic mass is 10.5. The van der Waals surface area contributed by atoms with Crippen molar-refractivity contribution in [2.45, 2.75) is 13.3 Å². The Hall–Kier alpha value is -0.110. The second-order valence-electron chi connectivity index (χ2n) is 1.36. The summed E-state index contributed by atoms with van der Waals surface area (Å²) in [6, 6.07) is 0. The van der Waals surface area contributed by atoms with E-state index in [2.05, 4.69) is 5.32 Å². The Balaban J connectivity index is 2.45. The van der Waals surface area contributed by atoms with Gasteiger partial charge in [0.05, 0.1) is 0 Å². The fraction of sp³-hybridized carbons (Fsp3) is 1.00. The molecule has 0 aromatic carbocycles. The Morgan fingerprint density at radius 2 is 2.14 bits per heavy atom. The van der Waals surface area contributed by atoms with Crippen LogP contribution in [0.25, 0.3) is 0 Å². The van der Waals surface area contributed by atoms with Gasteiger partial charge in [0.1, 0.15) is 6.67 Å². The van der Waals surface area contributed by atoms with Crippen LogP contribution in [0.3, 0.4) is 0 Å². The fourth-order valence-electron chi connectivity index (χ4n) is 0.330. The summed E-state index contributed by atoms with van der Waals surface area (Å²) in [4.78, 5) is 0. The topological polar surface area (TPSA) is 14.1 Å². The van der Waals surface area contributed by atoms with Gasteiger partial charge in [-0.2, -0.15) is 0 Å². The molecular formula is C5H11FN. The van der Waals surface area contributed by atoms with E-state index >= 15 is 0 Å². The molecule has 0 N–H and O–H groups in total. The molecule has 0 spiro atoms. The highest BCUT2D eigenvalue weighted by molar-refractivity contribution is 4.39. The van der Waals surface area contributed by atoms with Crippen LogP contribution in [0, 0.1) is 0 Å². The van der Waals surface area contributed by atoms with E-state index in [9.17, 15) is 4.39 Å². The number of rotatable bonds is 4. The molecule has 0 rings (SSSR count). The molecule has 0 bridgehead atoms. The molecule has 0 fully saturated rings. The van der Waals surface area contributed by atoms with Crippen LogP contribution in [0.1, 0.15) is 13.3 Å². The first-order valence-electron chi connectivity index (χ1n) is 2.61. The Labute approximate surface area is 43.9 Å². The van der Waals surface area contributed by atoms with Crippen molar-refractivity contribution in [2.24, 2.45) is 0 Å². The lowest BCUT2D eigenvalue weighted by molar-refractivity contribution is 0.463. The predicted molar refractivity (Wildman–Crippen MR) is 28.1 cm³/mol. The number of nitrogens with zero attached hydrogens (tertiary/aromatic N) is 1. The molecular weight excluding hydrogens is 93.1 g/mol. The number of hydrogen-bond donors (Lipinski definition) is 0. The molecule has 0 saturated heterocycles. The summed E-state index contributed by atoms with van der Waals surface area (Å²) in [6.07, 6.45) is 1.03. The molecule has 0 aromatic rings. The minimum absolute atomic E-state index is 0.306. The van der Waals surface area contributed by atoms with E-state index in [1.807, 2.05) is 6.92 Å². The molecule has 0 amide bonds. The first-order valence-corrected chi connectivity index (χ1v) is 2.61. The minimum Gasteiger partial charge on any atom is -0.250 e. The van der Waals surface area contributed by atoms with Gasteiger partial charge in [0.2, 0.25) is 0 Å². The van der Waals surface area contributed by atoms with E-state index in [1.165, 1.54) is 0 Å².